The Labute approximate surface area is 240 Å². The standard InChI is InChI=1S/C29H32F2N4O7/c1-35(28(39)33-17-21-9-6-11-23(30)27(21)31)22(10-4-5-14-41-26(38)13-12-25(36)37)18-42-29(40)34-24-15-19-7-2-3-8-20(19)16-32-24/h2-3,6-9,11,15-16,22H,4-5,10,12-14,17-18H2,1H3,(H,33,39)(H,36,37)(H,32,34,40)/t22-/m0/s1. The number of aromatic nitrogens is 1. The molecule has 0 aliphatic heterocycles. The summed E-state index contributed by atoms with van der Waals surface area (Å²) in [5.41, 5.74) is -0.0310. The number of hydrogen-bond donors (Lipinski definition) is 3. The lowest BCUT2D eigenvalue weighted by molar-refractivity contribution is -0.147. The van der Waals surface area contributed by atoms with Crippen molar-refractivity contribution in [1.29, 1.82) is 0 Å². The van der Waals surface area contributed by atoms with E-state index in [1.807, 2.05) is 24.3 Å². The minimum atomic E-state index is -1.10. The molecular formula is C29H32F2N4O7. The maximum atomic E-state index is 14.0. The van der Waals surface area contributed by atoms with E-state index in [2.05, 4.69) is 15.6 Å². The molecule has 1 aromatic heterocycles. The summed E-state index contributed by atoms with van der Waals surface area (Å²) in [5.74, 6) is -3.54. The summed E-state index contributed by atoms with van der Waals surface area (Å²) in [5, 5.41) is 15.5. The molecule has 11 nitrogen and oxygen atoms in total. The van der Waals surface area contributed by atoms with Crippen LogP contribution in [-0.2, 0) is 25.6 Å². The maximum Gasteiger partial charge on any atom is 0.412 e. The van der Waals surface area contributed by atoms with E-state index in [-0.39, 0.29) is 44.0 Å². The van der Waals surface area contributed by atoms with Gasteiger partial charge in [0.1, 0.15) is 12.4 Å². The van der Waals surface area contributed by atoms with Gasteiger partial charge in [-0.25, -0.2) is 23.4 Å². The van der Waals surface area contributed by atoms with Gasteiger partial charge >= 0.3 is 24.1 Å². The van der Waals surface area contributed by atoms with Gasteiger partial charge in [-0.3, -0.25) is 14.9 Å². The third-order valence-corrected chi connectivity index (χ3v) is 6.34. The van der Waals surface area contributed by atoms with Gasteiger partial charge in [-0.1, -0.05) is 36.4 Å². The first-order valence-corrected chi connectivity index (χ1v) is 13.2. The molecule has 0 unspecified atom stereocenters. The average Bonchev–Trinajstić information content (AvgIpc) is 2.97. The zero-order chi connectivity index (χ0) is 30.5. The quantitative estimate of drug-likeness (QED) is 0.179. The molecule has 42 heavy (non-hydrogen) atoms. The van der Waals surface area contributed by atoms with Crippen molar-refractivity contribution < 1.29 is 42.5 Å². The summed E-state index contributed by atoms with van der Waals surface area (Å²) in [7, 11) is 1.47. The number of anilines is 1. The number of hydrogen-bond acceptors (Lipinski definition) is 7. The Hall–Kier alpha value is -4.81. The van der Waals surface area contributed by atoms with Crippen LogP contribution in [0.4, 0.5) is 24.2 Å². The van der Waals surface area contributed by atoms with E-state index in [0.29, 0.717) is 19.3 Å². The fraction of sp³-hybridized carbons (Fsp3) is 0.345. The van der Waals surface area contributed by atoms with Crippen LogP contribution in [0.5, 0.6) is 0 Å². The number of carboxylic acid groups (broad SMARTS) is 1. The number of urea groups is 1. The third-order valence-electron chi connectivity index (χ3n) is 6.34. The van der Waals surface area contributed by atoms with Crippen molar-refractivity contribution >= 4 is 40.7 Å². The Kier molecular flexibility index (Phi) is 12.0. The molecule has 0 radical (unpaired) electrons. The second kappa shape index (κ2) is 15.8. The molecule has 2 aromatic carbocycles. The number of esters is 1. The summed E-state index contributed by atoms with van der Waals surface area (Å²) in [4.78, 5) is 53.0. The number of amides is 3. The summed E-state index contributed by atoms with van der Waals surface area (Å²) >= 11 is 0. The van der Waals surface area contributed by atoms with E-state index in [1.54, 1.807) is 12.3 Å². The van der Waals surface area contributed by atoms with Gasteiger partial charge in [0.25, 0.3) is 0 Å². The normalized spacial score (nSPS) is 11.4. The number of rotatable bonds is 14. The molecule has 0 saturated carbocycles. The highest BCUT2D eigenvalue weighted by molar-refractivity contribution is 5.89. The van der Waals surface area contributed by atoms with Gasteiger partial charge in [0, 0.05) is 30.7 Å². The van der Waals surface area contributed by atoms with Gasteiger partial charge < -0.3 is 24.8 Å². The molecule has 224 valence electrons. The summed E-state index contributed by atoms with van der Waals surface area (Å²) in [6.45, 7) is -0.411. The highest BCUT2D eigenvalue weighted by Gasteiger charge is 2.22. The molecule has 0 saturated heterocycles. The van der Waals surface area contributed by atoms with Gasteiger partial charge in [0.05, 0.1) is 25.5 Å². The summed E-state index contributed by atoms with van der Waals surface area (Å²) in [6, 6.07) is 11.6. The largest absolute Gasteiger partial charge is 0.481 e. The van der Waals surface area contributed by atoms with E-state index in [9.17, 15) is 28.0 Å². The van der Waals surface area contributed by atoms with Gasteiger partial charge in [-0.2, -0.15) is 0 Å². The number of carboxylic acids is 1. The number of fused-ring (bicyclic) bond motifs is 1. The number of aliphatic carboxylic acids is 1. The predicted molar refractivity (Wildman–Crippen MR) is 149 cm³/mol. The van der Waals surface area contributed by atoms with E-state index in [4.69, 9.17) is 14.6 Å². The SMILES string of the molecule is CN(C(=O)NCc1cccc(F)c1F)[C@@H](CCCCOC(=O)CCC(=O)O)COC(=O)Nc1cc2ccccc2cn1. The van der Waals surface area contributed by atoms with Gasteiger partial charge in [0.2, 0.25) is 0 Å². The first-order chi connectivity index (χ1) is 20.1. The zero-order valence-corrected chi connectivity index (χ0v) is 23.0. The third kappa shape index (κ3) is 9.98. The van der Waals surface area contributed by atoms with Crippen molar-refractivity contribution in [1.82, 2.24) is 15.2 Å². The summed E-state index contributed by atoms with van der Waals surface area (Å²) in [6.07, 6.45) is 1.48. The molecule has 1 atom stereocenters. The van der Waals surface area contributed by atoms with Crippen LogP contribution >= 0.6 is 0 Å². The maximum absolute atomic E-state index is 14.0. The van der Waals surface area contributed by atoms with Crippen LogP contribution in [0, 0.1) is 11.6 Å². The van der Waals surface area contributed by atoms with Crippen LogP contribution in [0.1, 0.15) is 37.7 Å². The van der Waals surface area contributed by atoms with Crippen LogP contribution in [0.25, 0.3) is 10.8 Å². The number of benzene rings is 2. The molecule has 3 N–H and O–H groups in total. The van der Waals surface area contributed by atoms with Crippen LogP contribution in [0.3, 0.4) is 0 Å². The van der Waals surface area contributed by atoms with Crippen molar-refractivity contribution in [2.75, 3.05) is 25.6 Å². The molecular weight excluding hydrogens is 554 g/mol. The van der Waals surface area contributed by atoms with Crippen molar-refractivity contribution in [2.45, 2.75) is 44.7 Å². The number of nitrogens with one attached hydrogen (secondary N) is 2. The topological polar surface area (TPSA) is 147 Å². The Bertz CT molecular complexity index is 1410. The first kappa shape index (κ1) is 31.7. The van der Waals surface area contributed by atoms with E-state index < -0.39 is 41.7 Å². The Morgan fingerprint density at radius 3 is 2.52 bits per heavy atom. The van der Waals surface area contributed by atoms with Crippen molar-refractivity contribution in [2.24, 2.45) is 0 Å². The number of ether oxygens (including phenoxy) is 2. The Morgan fingerprint density at radius 1 is 1.00 bits per heavy atom. The fourth-order valence-electron chi connectivity index (χ4n) is 3.95. The van der Waals surface area contributed by atoms with Gasteiger partial charge in [-0.05, 0) is 36.8 Å². The molecule has 0 aliphatic rings. The molecule has 3 aromatic rings. The molecule has 1 heterocycles. The van der Waals surface area contributed by atoms with Crippen LogP contribution in [0.15, 0.2) is 54.7 Å². The highest BCUT2D eigenvalue weighted by atomic mass is 19.2. The highest BCUT2D eigenvalue weighted by Crippen LogP contribution is 2.17. The van der Waals surface area contributed by atoms with E-state index >= 15 is 0 Å². The number of nitrogens with zero attached hydrogens (tertiary/aromatic N) is 2. The average molecular weight is 587 g/mol. The molecule has 3 rings (SSSR count). The zero-order valence-electron chi connectivity index (χ0n) is 23.0. The van der Waals surface area contributed by atoms with Gasteiger partial charge in [-0.15, -0.1) is 0 Å². The Balaban J connectivity index is 1.56. The van der Waals surface area contributed by atoms with E-state index in [1.165, 1.54) is 24.1 Å². The number of carbonyl (C=O) groups is 4. The molecule has 13 heteroatoms. The number of likely N-dealkylation sites (N-methyl/N-ethyl adjacent to an activating group) is 1. The minimum absolute atomic E-state index is 0.0310. The minimum Gasteiger partial charge on any atom is -0.481 e. The first-order valence-electron chi connectivity index (χ1n) is 13.2. The second-order valence-electron chi connectivity index (χ2n) is 9.39. The van der Waals surface area contributed by atoms with Crippen molar-refractivity contribution in [3.05, 3.63) is 71.9 Å². The molecule has 0 aliphatic carbocycles. The monoisotopic (exact) mass is 586 g/mol. The fourth-order valence-corrected chi connectivity index (χ4v) is 3.95. The number of halogens is 2. The van der Waals surface area contributed by atoms with Gasteiger partial charge in [0.15, 0.2) is 11.6 Å². The number of unbranched alkanes of at least 4 members (excludes halogenated alkanes) is 1. The smallest absolute Gasteiger partial charge is 0.412 e. The number of carbonyl (C=O) groups excluding carboxylic acids is 3. The molecule has 0 fully saturated rings. The molecule has 3 amide bonds. The summed E-state index contributed by atoms with van der Waals surface area (Å²) < 4.78 is 37.9. The van der Waals surface area contributed by atoms with E-state index in [0.717, 1.165) is 16.8 Å². The Morgan fingerprint density at radius 2 is 1.76 bits per heavy atom. The molecule has 0 spiro atoms. The predicted octanol–water partition coefficient (Wildman–Crippen LogP) is 4.85. The van der Waals surface area contributed by atoms with Crippen molar-refractivity contribution in [3.8, 4) is 0 Å². The van der Waals surface area contributed by atoms with Crippen LogP contribution < -0.4 is 10.6 Å². The molecule has 0 bridgehead atoms. The lowest BCUT2D eigenvalue weighted by atomic mass is 10.1. The van der Waals surface area contributed by atoms with Crippen molar-refractivity contribution in [3.63, 3.8) is 0 Å². The lowest BCUT2D eigenvalue weighted by Gasteiger charge is -2.28. The van der Waals surface area contributed by atoms with Crippen LogP contribution in [-0.4, -0.2) is 65.4 Å². The van der Waals surface area contributed by atoms with Crippen LogP contribution in [0.2, 0.25) is 0 Å². The lowest BCUT2D eigenvalue weighted by Crippen LogP contribution is -2.46. The second-order valence-corrected chi connectivity index (χ2v) is 9.39. The number of pyridine rings is 1.